The molecule has 0 fully saturated rings. The first-order valence-corrected chi connectivity index (χ1v) is 5.00. The van der Waals surface area contributed by atoms with Gasteiger partial charge in [-0.15, -0.1) is 0 Å². The third kappa shape index (κ3) is 1.93. The van der Waals surface area contributed by atoms with E-state index >= 15 is 0 Å². The molecule has 2 aromatic rings. The Balaban J connectivity index is 2.52. The average molecular weight is 212 g/mol. The van der Waals surface area contributed by atoms with Crippen molar-refractivity contribution < 1.29 is 4.79 Å². The van der Waals surface area contributed by atoms with Gasteiger partial charge in [-0.2, -0.15) is 0 Å². The van der Waals surface area contributed by atoms with Crippen molar-refractivity contribution >= 4 is 11.5 Å². The number of anilines is 1. The lowest BCUT2D eigenvalue weighted by molar-refractivity contribution is 0.101. The highest BCUT2D eigenvalue weighted by Gasteiger charge is 2.07. The van der Waals surface area contributed by atoms with Crippen LogP contribution in [-0.2, 0) is 0 Å². The standard InChI is InChI=1S/C13H12N2O/c1-9(16)11-7-13(15-8-12(11)14)10-5-3-2-4-6-10/h2-8H,14H2,1H3. The van der Waals surface area contributed by atoms with E-state index in [0.29, 0.717) is 11.3 Å². The smallest absolute Gasteiger partial charge is 0.162 e. The van der Waals surface area contributed by atoms with Gasteiger partial charge < -0.3 is 5.73 Å². The van der Waals surface area contributed by atoms with E-state index in [1.165, 1.54) is 13.1 Å². The molecule has 0 atom stereocenters. The molecule has 0 aliphatic carbocycles. The van der Waals surface area contributed by atoms with Gasteiger partial charge in [-0.1, -0.05) is 30.3 Å². The maximum atomic E-state index is 11.3. The lowest BCUT2D eigenvalue weighted by Gasteiger charge is -2.05. The first kappa shape index (κ1) is 10.4. The minimum atomic E-state index is -0.0444. The number of carbonyl (C=O) groups is 1. The zero-order valence-electron chi connectivity index (χ0n) is 8.97. The summed E-state index contributed by atoms with van der Waals surface area (Å²) in [6, 6.07) is 11.4. The van der Waals surface area contributed by atoms with Crippen LogP contribution in [0, 0.1) is 0 Å². The maximum absolute atomic E-state index is 11.3. The first-order chi connectivity index (χ1) is 7.68. The molecule has 0 saturated heterocycles. The topological polar surface area (TPSA) is 56.0 Å². The summed E-state index contributed by atoms with van der Waals surface area (Å²) in [5.74, 6) is -0.0444. The summed E-state index contributed by atoms with van der Waals surface area (Å²) < 4.78 is 0. The fourth-order valence-electron chi connectivity index (χ4n) is 1.54. The predicted molar refractivity (Wildman–Crippen MR) is 64.1 cm³/mol. The fourth-order valence-corrected chi connectivity index (χ4v) is 1.54. The second-order valence-electron chi connectivity index (χ2n) is 3.58. The molecule has 16 heavy (non-hydrogen) atoms. The van der Waals surface area contributed by atoms with Gasteiger partial charge in [-0.3, -0.25) is 9.78 Å². The van der Waals surface area contributed by atoms with Crippen molar-refractivity contribution in [2.75, 3.05) is 5.73 Å². The molecule has 0 aliphatic heterocycles. The van der Waals surface area contributed by atoms with E-state index in [0.717, 1.165) is 11.3 Å². The Kier molecular flexibility index (Phi) is 2.68. The summed E-state index contributed by atoms with van der Waals surface area (Å²) in [5.41, 5.74) is 8.37. The van der Waals surface area contributed by atoms with E-state index in [1.807, 2.05) is 30.3 Å². The molecule has 0 spiro atoms. The molecule has 0 aliphatic rings. The number of Topliss-reactive ketones (excluding diaryl/α,β-unsaturated/α-hetero) is 1. The highest BCUT2D eigenvalue weighted by atomic mass is 16.1. The van der Waals surface area contributed by atoms with Gasteiger partial charge in [0.25, 0.3) is 0 Å². The monoisotopic (exact) mass is 212 g/mol. The SMILES string of the molecule is CC(=O)c1cc(-c2ccccc2)ncc1N. The zero-order chi connectivity index (χ0) is 11.5. The Morgan fingerprint density at radius 1 is 1.25 bits per heavy atom. The van der Waals surface area contributed by atoms with E-state index in [2.05, 4.69) is 4.98 Å². The van der Waals surface area contributed by atoms with Gasteiger partial charge >= 0.3 is 0 Å². The van der Waals surface area contributed by atoms with Crippen molar-refractivity contribution in [2.45, 2.75) is 6.92 Å². The van der Waals surface area contributed by atoms with Gasteiger partial charge in [0, 0.05) is 11.1 Å². The molecule has 2 rings (SSSR count). The van der Waals surface area contributed by atoms with Crippen molar-refractivity contribution in [3.05, 3.63) is 48.2 Å². The summed E-state index contributed by atoms with van der Waals surface area (Å²) >= 11 is 0. The lowest BCUT2D eigenvalue weighted by atomic mass is 10.1. The molecule has 3 heteroatoms. The molecule has 3 nitrogen and oxygen atoms in total. The van der Waals surface area contributed by atoms with Crippen molar-refractivity contribution in [3.8, 4) is 11.3 Å². The largest absolute Gasteiger partial charge is 0.397 e. The molecule has 1 heterocycles. The van der Waals surface area contributed by atoms with Gasteiger partial charge in [0.15, 0.2) is 5.78 Å². The Morgan fingerprint density at radius 2 is 1.94 bits per heavy atom. The highest BCUT2D eigenvalue weighted by molar-refractivity contribution is 5.99. The average Bonchev–Trinajstić information content (AvgIpc) is 2.30. The molecule has 1 aromatic heterocycles. The van der Waals surface area contributed by atoms with E-state index in [-0.39, 0.29) is 5.78 Å². The normalized spacial score (nSPS) is 10.1. The molecular weight excluding hydrogens is 200 g/mol. The summed E-state index contributed by atoms with van der Waals surface area (Å²) in [6.45, 7) is 1.50. The number of hydrogen-bond acceptors (Lipinski definition) is 3. The lowest BCUT2D eigenvalue weighted by Crippen LogP contribution is -2.01. The Hall–Kier alpha value is -2.16. The minimum Gasteiger partial charge on any atom is -0.397 e. The Labute approximate surface area is 93.9 Å². The molecule has 0 amide bonds. The van der Waals surface area contributed by atoms with E-state index < -0.39 is 0 Å². The van der Waals surface area contributed by atoms with E-state index in [4.69, 9.17) is 5.73 Å². The highest BCUT2D eigenvalue weighted by Crippen LogP contribution is 2.20. The summed E-state index contributed by atoms with van der Waals surface area (Å²) in [7, 11) is 0. The quantitative estimate of drug-likeness (QED) is 0.778. The van der Waals surface area contributed by atoms with Crippen molar-refractivity contribution in [1.82, 2.24) is 4.98 Å². The summed E-state index contributed by atoms with van der Waals surface area (Å²) in [5, 5.41) is 0. The number of rotatable bonds is 2. The van der Waals surface area contributed by atoms with Crippen molar-refractivity contribution in [2.24, 2.45) is 0 Å². The second kappa shape index (κ2) is 4.14. The molecule has 0 saturated carbocycles. The third-order valence-corrected chi connectivity index (χ3v) is 2.38. The molecule has 1 aromatic carbocycles. The number of benzene rings is 1. The summed E-state index contributed by atoms with van der Waals surface area (Å²) in [6.07, 6.45) is 1.53. The number of nitrogen functional groups attached to an aromatic ring is 1. The van der Waals surface area contributed by atoms with Crippen LogP contribution in [0.5, 0.6) is 0 Å². The number of pyridine rings is 1. The Bertz CT molecular complexity index is 521. The number of nitrogens with two attached hydrogens (primary N) is 1. The maximum Gasteiger partial charge on any atom is 0.162 e. The van der Waals surface area contributed by atoms with Crippen LogP contribution >= 0.6 is 0 Å². The van der Waals surface area contributed by atoms with Gasteiger partial charge in [0.1, 0.15) is 0 Å². The van der Waals surface area contributed by atoms with Crippen molar-refractivity contribution in [1.29, 1.82) is 0 Å². The fraction of sp³-hybridized carbons (Fsp3) is 0.0769. The number of carbonyl (C=O) groups excluding carboxylic acids is 1. The molecule has 0 radical (unpaired) electrons. The molecule has 0 bridgehead atoms. The van der Waals surface area contributed by atoms with Gasteiger partial charge in [0.2, 0.25) is 0 Å². The molecule has 80 valence electrons. The Morgan fingerprint density at radius 3 is 2.56 bits per heavy atom. The third-order valence-electron chi connectivity index (χ3n) is 2.38. The van der Waals surface area contributed by atoms with Crippen molar-refractivity contribution in [3.63, 3.8) is 0 Å². The van der Waals surface area contributed by atoms with Gasteiger partial charge in [-0.05, 0) is 13.0 Å². The molecule has 0 unspecified atom stereocenters. The van der Waals surface area contributed by atoms with E-state index in [1.54, 1.807) is 6.07 Å². The second-order valence-corrected chi connectivity index (χ2v) is 3.58. The van der Waals surface area contributed by atoms with Crippen LogP contribution in [0.4, 0.5) is 5.69 Å². The number of aromatic nitrogens is 1. The zero-order valence-corrected chi connectivity index (χ0v) is 8.97. The molecular formula is C13H12N2O. The van der Waals surface area contributed by atoms with Gasteiger partial charge in [0.05, 0.1) is 17.6 Å². The predicted octanol–water partition coefficient (Wildman–Crippen LogP) is 2.53. The van der Waals surface area contributed by atoms with Crippen LogP contribution in [0.2, 0.25) is 0 Å². The van der Waals surface area contributed by atoms with Crippen LogP contribution in [0.1, 0.15) is 17.3 Å². The van der Waals surface area contributed by atoms with Crippen LogP contribution in [0.3, 0.4) is 0 Å². The van der Waals surface area contributed by atoms with Crippen LogP contribution in [-0.4, -0.2) is 10.8 Å². The number of nitrogens with zero attached hydrogens (tertiary/aromatic N) is 1. The van der Waals surface area contributed by atoms with Gasteiger partial charge in [-0.25, -0.2) is 0 Å². The summed E-state index contributed by atoms with van der Waals surface area (Å²) in [4.78, 5) is 15.6. The van der Waals surface area contributed by atoms with Crippen LogP contribution < -0.4 is 5.73 Å². The number of hydrogen-bond donors (Lipinski definition) is 1. The van der Waals surface area contributed by atoms with E-state index in [9.17, 15) is 4.79 Å². The number of ketones is 1. The first-order valence-electron chi connectivity index (χ1n) is 5.00. The minimum absolute atomic E-state index is 0.0444. The van der Waals surface area contributed by atoms with Crippen LogP contribution in [0.15, 0.2) is 42.6 Å². The van der Waals surface area contributed by atoms with Crippen LogP contribution in [0.25, 0.3) is 11.3 Å². The molecule has 2 N–H and O–H groups in total.